The van der Waals surface area contributed by atoms with E-state index in [0.29, 0.717) is 29.9 Å². The van der Waals surface area contributed by atoms with Crippen LogP contribution >= 0.6 is 47.1 Å². The Hall–Kier alpha value is -1.21. The van der Waals surface area contributed by atoms with Crippen LogP contribution in [0.2, 0.25) is 0 Å². The Kier molecular flexibility index (Phi) is 11.9. The summed E-state index contributed by atoms with van der Waals surface area (Å²) >= 11 is 2.75. The van der Waals surface area contributed by atoms with Gasteiger partial charge in [-0.15, -0.1) is 47.1 Å². The van der Waals surface area contributed by atoms with Crippen molar-refractivity contribution in [2.24, 2.45) is 10.9 Å². The van der Waals surface area contributed by atoms with E-state index >= 15 is 0 Å². The summed E-state index contributed by atoms with van der Waals surface area (Å²) in [5, 5.41) is 7.85. The normalized spacial score (nSPS) is 12.8. The number of alkyl halides is 3. The standard InChI is InChI=1S/C19H25F3N4OS2.HI/c1-13(11-28-15-7-5-4-6-14(15)27-3)10-25-18(23-2)24-9-8-17-26-16(12-29-17)19(20,21)22;/h4-7,12-13H,8-11H2,1-3H3,(H2,23,24,25);1H. The van der Waals surface area contributed by atoms with E-state index in [1.54, 1.807) is 25.9 Å². The van der Waals surface area contributed by atoms with Crippen LogP contribution in [0.15, 0.2) is 39.5 Å². The maximum absolute atomic E-state index is 12.6. The highest BCUT2D eigenvalue weighted by Gasteiger charge is 2.33. The summed E-state index contributed by atoms with van der Waals surface area (Å²) in [7, 11) is 3.32. The van der Waals surface area contributed by atoms with Crippen LogP contribution in [0, 0.1) is 5.92 Å². The van der Waals surface area contributed by atoms with Crippen molar-refractivity contribution in [3.63, 3.8) is 0 Å². The number of hydrogen-bond donors (Lipinski definition) is 2. The number of thiazole rings is 1. The summed E-state index contributed by atoms with van der Waals surface area (Å²) in [6.07, 6.45) is -3.99. The number of para-hydroxylation sites is 1. The van der Waals surface area contributed by atoms with Crippen LogP contribution in [-0.2, 0) is 12.6 Å². The van der Waals surface area contributed by atoms with E-state index in [1.165, 1.54) is 0 Å². The summed E-state index contributed by atoms with van der Waals surface area (Å²) in [4.78, 5) is 8.88. The molecule has 11 heteroatoms. The third-order valence-electron chi connectivity index (χ3n) is 3.91. The second kappa shape index (κ2) is 13.3. The molecule has 0 radical (unpaired) electrons. The molecule has 0 saturated carbocycles. The molecule has 0 aliphatic rings. The molecule has 30 heavy (non-hydrogen) atoms. The monoisotopic (exact) mass is 574 g/mol. The van der Waals surface area contributed by atoms with Crippen molar-refractivity contribution in [1.29, 1.82) is 0 Å². The van der Waals surface area contributed by atoms with Gasteiger partial charge in [-0.05, 0) is 18.1 Å². The van der Waals surface area contributed by atoms with Crippen LogP contribution in [0.4, 0.5) is 13.2 Å². The number of halogens is 4. The Morgan fingerprint density at radius 2 is 2.03 bits per heavy atom. The summed E-state index contributed by atoms with van der Waals surface area (Å²) in [6.45, 7) is 3.31. The van der Waals surface area contributed by atoms with Crippen molar-refractivity contribution in [2.75, 3.05) is 33.0 Å². The lowest BCUT2D eigenvalue weighted by Crippen LogP contribution is -2.40. The zero-order valence-corrected chi connectivity index (χ0v) is 20.9. The SMILES string of the molecule is CN=C(NCCc1nc(C(F)(F)F)cs1)NCC(C)CSc1ccccc1OC.I. The van der Waals surface area contributed by atoms with Crippen molar-refractivity contribution < 1.29 is 17.9 Å². The number of thioether (sulfide) groups is 1. The molecule has 168 valence electrons. The van der Waals surface area contributed by atoms with Crippen LogP contribution in [-0.4, -0.2) is 43.9 Å². The van der Waals surface area contributed by atoms with E-state index < -0.39 is 11.9 Å². The maximum Gasteiger partial charge on any atom is 0.434 e. The number of benzene rings is 1. The largest absolute Gasteiger partial charge is 0.496 e. The predicted molar refractivity (Wildman–Crippen MR) is 128 cm³/mol. The Labute approximate surface area is 200 Å². The number of rotatable bonds is 9. The fourth-order valence-electron chi connectivity index (χ4n) is 2.36. The molecule has 0 aliphatic carbocycles. The van der Waals surface area contributed by atoms with E-state index in [1.807, 2.05) is 24.3 Å². The molecule has 1 aromatic carbocycles. The summed E-state index contributed by atoms with van der Waals surface area (Å²) in [5.41, 5.74) is -0.832. The molecular weight excluding hydrogens is 548 g/mol. The molecule has 0 spiro atoms. The fourth-order valence-corrected chi connectivity index (χ4v) is 4.22. The molecule has 0 bridgehead atoms. The van der Waals surface area contributed by atoms with Crippen LogP contribution in [0.3, 0.4) is 0 Å². The minimum absolute atomic E-state index is 0. The highest BCUT2D eigenvalue weighted by Crippen LogP contribution is 2.30. The first-order chi connectivity index (χ1) is 13.8. The van der Waals surface area contributed by atoms with E-state index in [0.717, 1.165) is 39.7 Å². The predicted octanol–water partition coefficient (Wildman–Crippen LogP) is 4.92. The number of guanidine groups is 1. The Bertz CT molecular complexity index is 802. The van der Waals surface area contributed by atoms with Gasteiger partial charge in [0.15, 0.2) is 11.7 Å². The second-order valence-corrected chi connectivity index (χ2v) is 8.33. The summed E-state index contributed by atoms with van der Waals surface area (Å²) < 4.78 is 43.1. The van der Waals surface area contributed by atoms with Crippen molar-refractivity contribution in [3.05, 3.63) is 40.3 Å². The highest BCUT2D eigenvalue weighted by molar-refractivity contribution is 14.0. The Morgan fingerprint density at radius 3 is 2.67 bits per heavy atom. The van der Waals surface area contributed by atoms with Gasteiger partial charge in [0.05, 0.1) is 12.1 Å². The lowest BCUT2D eigenvalue weighted by atomic mass is 10.2. The van der Waals surface area contributed by atoms with E-state index in [-0.39, 0.29) is 24.0 Å². The number of hydrogen-bond acceptors (Lipinski definition) is 5. The van der Waals surface area contributed by atoms with Gasteiger partial charge in [0.1, 0.15) is 5.75 Å². The van der Waals surface area contributed by atoms with Crippen molar-refractivity contribution in [2.45, 2.75) is 24.4 Å². The molecule has 5 nitrogen and oxygen atoms in total. The number of methoxy groups -OCH3 is 1. The quantitative estimate of drug-likeness (QED) is 0.193. The highest BCUT2D eigenvalue weighted by atomic mass is 127. The molecule has 0 fully saturated rings. The molecule has 0 amide bonds. The maximum atomic E-state index is 12.6. The average Bonchev–Trinajstić information content (AvgIpc) is 3.18. The Balaban J connectivity index is 0.00000450. The third-order valence-corrected chi connectivity index (χ3v) is 6.20. The molecule has 1 atom stereocenters. The van der Waals surface area contributed by atoms with Gasteiger partial charge in [-0.3, -0.25) is 4.99 Å². The van der Waals surface area contributed by atoms with Gasteiger partial charge in [0.25, 0.3) is 0 Å². The molecule has 0 aliphatic heterocycles. The smallest absolute Gasteiger partial charge is 0.434 e. The minimum atomic E-state index is -4.39. The van der Waals surface area contributed by atoms with Crippen molar-refractivity contribution in [3.8, 4) is 5.75 Å². The van der Waals surface area contributed by atoms with Crippen molar-refractivity contribution in [1.82, 2.24) is 15.6 Å². The van der Waals surface area contributed by atoms with E-state index in [2.05, 4.69) is 27.5 Å². The first-order valence-corrected chi connectivity index (χ1v) is 10.9. The molecule has 1 heterocycles. The molecule has 2 aromatic rings. The van der Waals surface area contributed by atoms with Crippen LogP contribution in [0.25, 0.3) is 0 Å². The molecular formula is C19H26F3IN4OS2. The first kappa shape index (κ1) is 26.8. The third kappa shape index (κ3) is 8.88. The second-order valence-electron chi connectivity index (χ2n) is 6.32. The lowest BCUT2D eigenvalue weighted by Gasteiger charge is -2.16. The Morgan fingerprint density at radius 1 is 1.30 bits per heavy atom. The van der Waals surface area contributed by atoms with E-state index in [9.17, 15) is 13.2 Å². The molecule has 2 N–H and O–H groups in total. The lowest BCUT2D eigenvalue weighted by molar-refractivity contribution is -0.140. The summed E-state index contributed by atoms with van der Waals surface area (Å²) in [6, 6.07) is 7.91. The minimum Gasteiger partial charge on any atom is -0.496 e. The topological polar surface area (TPSA) is 58.5 Å². The number of nitrogens with zero attached hydrogens (tertiary/aromatic N) is 2. The van der Waals surface area contributed by atoms with Gasteiger partial charge in [0.2, 0.25) is 0 Å². The number of ether oxygens (including phenoxy) is 1. The fraction of sp³-hybridized carbons (Fsp3) is 0.474. The van der Waals surface area contributed by atoms with Gasteiger partial charge in [-0.1, -0.05) is 19.1 Å². The summed E-state index contributed by atoms with van der Waals surface area (Å²) in [5.74, 6) is 2.76. The van der Waals surface area contributed by atoms with Crippen LogP contribution in [0.5, 0.6) is 5.75 Å². The van der Waals surface area contributed by atoms with Crippen LogP contribution in [0.1, 0.15) is 17.6 Å². The molecule has 1 aromatic heterocycles. The average molecular weight is 574 g/mol. The van der Waals surface area contributed by atoms with Crippen LogP contribution < -0.4 is 15.4 Å². The van der Waals surface area contributed by atoms with Gasteiger partial charge >= 0.3 is 6.18 Å². The van der Waals surface area contributed by atoms with Crippen molar-refractivity contribution >= 4 is 53.0 Å². The number of nitrogens with one attached hydrogen (secondary N) is 2. The van der Waals surface area contributed by atoms with Gasteiger partial charge < -0.3 is 15.4 Å². The van der Waals surface area contributed by atoms with Gasteiger partial charge in [-0.2, -0.15) is 13.2 Å². The molecule has 0 saturated heterocycles. The van der Waals surface area contributed by atoms with E-state index in [4.69, 9.17) is 4.74 Å². The molecule has 2 rings (SSSR count). The van der Waals surface area contributed by atoms with Gasteiger partial charge in [-0.25, -0.2) is 4.98 Å². The zero-order chi connectivity index (χ0) is 21.3. The zero-order valence-electron chi connectivity index (χ0n) is 17.0. The first-order valence-electron chi connectivity index (χ1n) is 9.05. The number of aliphatic imine (C=N–C) groups is 1. The van der Waals surface area contributed by atoms with Gasteiger partial charge in [0, 0.05) is 42.6 Å². The molecule has 1 unspecified atom stereocenters. The number of aromatic nitrogens is 1.